The number of hydrogen-bond acceptors (Lipinski definition) is 14. The van der Waals surface area contributed by atoms with Gasteiger partial charge in [0, 0.05) is 63.2 Å². The van der Waals surface area contributed by atoms with Gasteiger partial charge >= 0.3 is 144 Å². The molecule has 0 aliphatic heterocycles. The number of ether oxygens (including phenoxy) is 4. The van der Waals surface area contributed by atoms with E-state index in [-0.39, 0.29) is 28.2 Å². The molecule has 0 aromatic rings. The molecule has 0 radical (unpaired) electrons. The fourth-order valence-corrected chi connectivity index (χ4v) is 28.2. The van der Waals surface area contributed by atoms with E-state index in [2.05, 4.69) is 158 Å². The molecule has 6 atom stereocenters. The average Bonchev–Trinajstić information content (AvgIpc) is 0.720. The van der Waals surface area contributed by atoms with Crippen LogP contribution in [0.15, 0.2) is 10.4 Å². The van der Waals surface area contributed by atoms with Gasteiger partial charge < -0.3 is 48.9 Å². The molecule has 625 valence electrons. The van der Waals surface area contributed by atoms with E-state index < -0.39 is 93.8 Å². The summed E-state index contributed by atoms with van der Waals surface area (Å²) in [6, 6.07) is 0. The number of esters is 3. The van der Waals surface area contributed by atoms with Crippen LogP contribution in [0.5, 0.6) is 0 Å². The van der Waals surface area contributed by atoms with Gasteiger partial charge in [-0.1, -0.05) is 151 Å². The number of carbonyl (C=O) groups is 6. The van der Waals surface area contributed by atoms with E-state index in [4.69, 9.17) is 151 Å². The second kappa shape index (κ2) is 42.6. The van der Waals surface area contributed by atoms with Crippen molar-refractivity contribution in [3.8, 4) is 0 Å². The summed E-state index contributed by atoms with van der Waals surface area (Å²) in [5, 5.41) is 49.6. The van der Waals surface area contributed by atoms with Crippen LogP contribution in [0.25, 0.3) is 0 Å². The number of halogens is 19. The van der Waals surface area contributed by atoms with Gasteiger partial charge in [0.05, 0.1) is 45.2 Å². The number of aliphatic hydroxyl groups is 3. The molecule has 0 amide bonds. The Bertz CT molecular complexity index is 3030. The van der Waals surface area contributed by atoms with E-state index in [1.54, 1.807) is 19.3 Å². The Balaban J connectivity index is 0.000000224. The standard InChI is InChI=1S/C13H18Cl2O3.C13H18Cl2O2.C12H16Cl2O3.C12H16O4.C10H15Br.C6H12Cl2O2Si.C3H3Cl3O2.CH4.I2.5HI.2V/c1-18-10(16)13(14,15)11-3-8-2-9(4-11)6-12(17,5-8)7-11;1-17-11(16)13(14,15)12-5-8-2-9(6-12)4-10(3-8)7-12;13-12(14,9(15)16)10-2-7-1-8(3-10)5-11(17,4-7)6-10;13-9(10(14)15)11-2-7-1-8(3-11)5-12(16,4-7)6-11;11-10-4-7-1-8(5-10)3-9(2-7)6-10;1-9-6(5(7)8)10-11(2,3)4;1-8-2(7)3(4,5)6;;1-2;;;;;;;/h8-9,17H,2-7H2,1H3;8-10H,2-7H2,1H3;7-8,17H,1-6H2,(H,15,16);7-8,16H,1-6H2,(H,14,15);7-9H,1-6H2;1-4H3;1H3;1H4;;5*1H;;/q;;;;;;;;;;;;;;+2;+3/p-5. The number of ketones is 1. The first-order chi connectivity index (χ1) is 49.2. The molecule has 108 heavy (non-hydrogen) atoms. The minimum absolute atomic E-state index is 0. The number of carboxylic acid groups (broad SMARTS) is 2. The van der Waals surface area contributed by atoms with Gasteiger partial charge in [0.15, 0.2) is 4.49 Å². The van der Waals surface area contributed by atoms with Crippen molar-refractivity contribution < 1.29 is 92.1 Å². The van der Waals surface area contributed by atoms with Gasteiger partial charge in [-0.25, -0.2) is 24.0 Å². The van der Waals surface area contributed by atoms with Crippen molar-refractivity contribution in [1.82, 2.24) is 0 Å². The van der Waals surface area contributed by atoms with Crippen LogP contribution in [0.3, 0.4) is 0 Å². The zero-order valence-corrected chi connectivity index (χ0v) is 89.2. The molecule has 16 nitrogen and oxygen atoms in total. The fraction of sp³-hybridized carbons (Fsp3) is 0.886. The van der Waals surface area contributed by atoms with Crippen LogP contribution >= 0.6 is 281 Å². The predicted octanol–water partition coefficient (Wildman–Crippen LogP) is 24.6. The molecule has 0 saturated heterocycles. The van der Waals surface area contributed by atoms with E-state index in [0.29, 0.717) is 81.4 Å². The summed E-state index contributed by atoms with van der Waals surface area (Å²) in [5.41, 5.74) is -4.28. The van der Waals surface area contributed by atoms with Gasteiger partial charge in [-0.3, -0.25) is 4.79 Å². The Kier molecular flexibility index (Phi) is 41.4. The van der Waals surface area contributed by atoms with Crippen LogP contribution in [0.1, 0.15) is 200 Å². The first kappa shape index (κ1) is 105. The molecule has 0 aromatic heterocycles. The molecule has 20 fully saturated rings. The molecule has 0 spiro atoms. The van der Waals surface area contributed by atoms with Crippen LogP contribution in [-0.4, -0.2) is 136 Å². The predicted molar refractivity (Wildman–Crippen MR) is 492 cm³/mol. The first-order valence-corrected chi connectivity index (χ1v) is 72.8. The molecule has 20 aliphatic carbocycles. The molecule has 20 bridgehead atoms. The van der Waals surface area contributed by atoms with Crippen LogP contribution in [0.4, 0.5) is 0 Å². The number of hydrogen-bond donors (Lipinski definition) is 5. The summed E-state index contributed by atoms with van der Waals surface area (Å²) in [6.45, 7) is 6.05. The monoisotopic (exact) mass is 2680 g/mol. The third kappa shape index (κ3) is 26.7. The van der Waals surface area contributed by atoms with E-state index in [9.17, 15) is 49.2 Å². The van der Waals surface area contributed by atoms with E-state index in [1.165, 1.54) is 59.9 Å². The van der Waals surface area contributed by atoms with Gasteiger partial charge in [0.1, 0.15) is 0 Å². The zero-order chi connectivity index (χ0) is 81.1. The maximum atomic E-state index is 11.9. The molecule has 6 unspecified atom stereocenters. The molecule has 20 saturated carbocycles. The fourth-order valence-electron chi connectivity index (χ4n) is 23.8. The van der Waals surface area contributed by atoms with Crippen LogP contribution in [-0.2, 0) is 66.5 Å². The van der Waals surface area contributed by atoms with E-state index in [0.717, 1.165) is 145 Å². The van der Waals surface area contributed by atoms with Crippen molar-refractivity contribution in [2.75, 3.05) is 28.4 Å². The van der Waals surface area contributed by atoms with Gasteiger partial charge in [-0.15, -0.1) is 0 Å². The summed E-state index contributed by atoms with van der Waals surface area (Å²) in [7, 11) is 4.25. The SMILES string of the molecule is BrC12CC3CC(CC(C3)C1)C2.C.COC(=O)C(Cl)(Cl)C12CC3CC(CC(C3)C1)C2.COC(=O)C(Cl)(Cl)C12CC3CC(CC(O)(C3)C1)C2.COC(=O)C(Cl)(Cl)Cl.COC(O[Si](C)(C)C)=C(Cl)Cl.II.O=C(O)C(=O)C12CC3CC(CC(O)(C3)C1)C2.O=C(O)C(Cl)(Cl)C12CC3CC(CC(O)(C3)C1)C2.[I][V]([I])[I].[I][V][I]. The summed E-state index contributed by atoms with van der Waals surface area (Å²) in [4.78, 5) is 67.7. The first-order valence-electron chi connectivity index (χ1n) is 35.6. The second-order valence-electron chi connectivity index (χ2n) is 34.5. The Morgan fingerprint density at radius 2 is 0.704 bits per heavy atom. The number of Topliss-reactive ketones (excluding diaryl/α,β-unsaturated/α-hetero) is 1. The van der Waals surface area contributed by atoms with Crippen molar-refractivity contribution in [2.24, 2.45) is 92.7 Å². The second-order valence-corrected chi connectivity index (χ2v) is 95.0. The molecule has 5 N–H and O–H groups in total. The molecule has 0 heterocycles. The van der Waals surface area contributed by atoms with E-state index in [1.807, 2.05) is 19.6 Å². The molecular formula is C70H102BrCl11I7O16SiV2. The summed E-state index contributed by atoms with van der Waals surface area (Å²) in [5.74, 6) is 2.95. The number of methoxy groups -OCH3 is 4. The van der Waals surface area contributed by atoms with Crippen LogP contribution in [0.2, 0.25) is 19.6 Å². The summed E-state index contributed by atoms with van der Waals surface area (Å²) in [6.07, 6.45) is 29.9. The topological polar surface area (TPSA) is 250 Å². The Labute approximate surface area is 793 Å². The number of aliphatic carboxylic acids is 2. The van der Waals surface area contributed by atoms with Crippen molar-refractivity contribution in [2.45, 2.75) is 258 Å². The zero-order valence-electron chi connectivity index (χ0n) is 60.4. The van der Waals surface area contributed by atoms with E-state index >= 15 is 0 Å². The third-order valence-corrected chi connectivity index (χ3v) is 31.0. The Hall–Kier alpha value is 6.41. The van der Waals surface area contributed by atoms with Gasteiger partial charge in [-0.2, -0.15) is 0 Å². The summed E-state index contributed by atoms with van der Waals surface area (Å²) >= 11 is 84.1. The molecular weight excluding hydrogens is 2580 g/mol. The molecule has 0 aromatic carbocycles. The van der Waals surface area contributed by atoms with Gasteiger partial charge in [0.2, 0.25) is 27.1 Å². The maximum absolute atomic E-state index is 11.9. The van der Waals surface area contributed by atoms with Crippen LogP contribution in [0, 0.1) is 92.7 Å². The van der Waals surface area contributed by atoms with Crippen LogP contribution < -0.4 is 0 Å². The van der Waals surface area contributed by atoms with Crippen molar-refractivity contribution in [1.29, 1.82) is 0 Å². The average molecular weight is 2690 g/mol. The molecule has 20 rings (SSSR count). The minimum atomic E-state index is -1.94. The van der Waals surface area contributed by atoms with Crippen molar-refractivity contribution in [3.63, 3.8) is 0 Å². The van der Waals surface area contributed by atoms with Gasteiger partial charge in [-0.05, 0) is 283 Å². The molecule has 38 heteroatoms. The van der Waals surface area contributed by atoms with Crippen molar-refractivity contribution >= 4 is 325 Å². The third-order valence-electron chi connectivity index (χ3n) is 25.1. The van der Waals surface area contributed by atoms with Gasteiger partial charge in [0.25, 0.3) is 9.74 Å². The Morgan fingerprint density at radius 1 is 0.444 bits per heavy atom. The number of carbonyl (C=O) groups excluding carboxylic acids is 4. The normalized spacial score (nSPS) is 38.1. The summed E-state index contributed by atoms with van der Waals surface area (Å²) < 4.78 is 17.9. The Morgan fingerprint density at radius 3 is 0.917 bits per heavy atom. The molecule has 20 aliphatic rings. The van der Waals surface area contributed by atoms with Crippen molar-refractivity contribution in [3.05, 3.63) is 10.4 Å². The quantitative estimate of drug-likeness (QED) is 0.0245. The number of alkyl halides is 10. The number of rotatable bonds is 11. The number of carboxylic acids is 2.